The fraction of sp³-hybridized carbons (Fsp3) is 0.429. The number of carbonyl (C=O) groups excluding carboxylic acids is 2. The van der Waals surface area contributed by atoms with Crippen LogP contribution in [0.2, 0.25) is 0 Å². The maximum Gasteiger partial charge on any atom is 0.327 e. The van der Waals surface area contributed by atoms with E-state index in [-0.39, 0.29) is 24.1 Å². The highest BCUT2D eigenvalue weighted by atomic mass is 16.5. The van der Waals surface area contributed by atoms with Crippen molar-refractivity contribution in [3.63, 3.8) is 0 Å². The summed E-state index contributed by atoms with van der Waals surface area (Å²) in [5, 5.41) is 0. The van der Waals surface area contributed by atoms with Crippen molar-refractivity contribution in [3.8, 4) is 0 Å². The summed E-state index contributed by atoms with van der Waals surface area (Å²) in [6.07, 6.45) is 0.587. The van der Waals surface area contributed by atoms with Gasteiger partial charge in [0.15, 0.2) is 0 Å². The molecule has 3 rings (SSSR count). The minimum absolute atomic E-state index is 0.0169. The number of imide groups is 1. The number of nitrogens with zero attached hydrogens (tertiary/aromatic N) is 2. The Morgan fingerprint density at radius 2 is 2.00 bits per heavy atom. The van der Waals surface area contributed by atoms with Crippen LogP contribution in [0.5, 0.6) is 0 Å². The van der Waals surface area contributed by atoms with Crippen LogP contribution in [0.4, 0.5) is 4.79 Å². The van der Waals surface area contributed by atoms with Crippen molar-refractivity contribution in [1.82, 2.24) is 9.80 Å². The molecule has 2 heterocycles. The van der Waals surface area contributed by atoms with Gasteiger partial charge in [0, 0.05) is 20.1 Å². The Morgan fingerprint density at radius 3 is 2.63 bits per heavy atom. The van der Waals surface area contributed by atoms with E-state index in [0.717, 1.165) is 5.56 Å². The monoisotopic (exact) mass is 260 g/mol. The number of rotatable bonds is 3. The quantitative estimate of drug-likeness (QED) is 0.768. The molecule has 1 aromatic carbocycles. The van der Waals surface area contributed by atoms with Gasteiger partial charge in [-0.3, -0.25) is 9.69 Å². The lowest BCUT2D eigenvalue weighted by molar-refractivity contribution is -0.128. The van der Waals surface area contributed by atoms with Crippen LogP contribution in [0.3, 0.4) is 0 Å². The third kappa shape index (κ3) is 2.00. The van der Waals surface area contributed by atoms with Crippen LogP contribution < -0.4 is 0 Å². The number of ether oxygens (including phenoxy) is 1. The second kappa shape index (κ2) is 4.66. The van der Waals surface area contributed by atoms with Crippen LogP contribution in [0.15, 0.2) is 30.3 Å². The molecule has 2 atom stereocenters. The SMILES string of the molecule is COC1CC2C(=O)N(Cc3ccccc3)C(=O)N2C1. The first-order valence-corrected chi connectivity index (χ1v) is 6.39. The molecule has 2 saturated heterocycles. The first-order chi connectivity index (χ1) is 9.20. The molecule has 2 aliphatic rings. The molecular formula is C14H16N2O3. The Hall–Kier alpha value is -1.88. The summed E-state index contributed by atoms with van der Waals surface area (Å²) in [4.78, 5) is 27.5. The standard InChI is InChI=1S/C14H16N2O3/c1-19-11-7-12-13(17)16(14(18)15(12)9-11)8-10-5-3-2-4-6-10/h2-6,11-12H,7-9H2,1H3. The zero-order chi connectivity index (χ0) is 13.4. The van der Waals surface area contributed by atoms with Crippen LogP contribution >= 0.6 is 0 Å². The van der Waals surface area contributed by atoms with E-state index in [1.807, 2.05) is 30.3 Å². The average Bonchev–Trinajstić information content (AvgIpc) is 2.96. The van der Waals surface area contributed by atoms with Gasteiger partial charge in [-0.05, 0) is 5.56 Å². The number of urea groups is 1. The van der Waals surface area contributed by atoms with Gasteiger partial charge in [0.1, 0.15) is 6.04 Å². The lowest BCUT2D eigenvalue weighted by Crippen LogP contribution is -2.34. The molecular weight excluding hydrogens is 244 g/mol. The Labute approximate surface area is 111 Å². The molecule has 5 nitrogen and oxygen atoms in total. The van der Waals surface area contributed by atoms with E-state index >= 15 is 0 Å². The van der Waals surface area contributed by atoms with E-state index in [0.29, 0.717) is 19.5 Å². The second-order valence-electron chi connectivity index (χ2n) is 4.95. The first-order valence-electron chi connectivity index (χ1n) is 6.39. The fourth-order valence-corrected chi connectivity index (χ4v) is 2.75. The highest BCUT2D eigenvalue weighted by Gasteiger charge is 2.50. The molecule has 0 N–H and O–H groups in total. The fourth-order valence-electron chi connectivity index (χ4n) is 2.75. The van der Waals surface area contributed by atoms with Crippen molar-refractivity contribution in [1.29, 1.82) is 0 Å². The molecule has 0 radical (unpaired) electrons. The van der Waals surface area contributed by atoms with Gasteiger partial charge in [0.25, 0.3) is 5.91 Å². The number of amides is 3. The summed E-state index contributed by atoms with van der Waals surface area (Å²) in [7, 11) is 1.61. The maximum atomic E-state index is 12.3. The van der Waals surface area contributed by atoms with Crippen LogP contribution in [-0.2, 0) is 16.1 Å². The molecule has 0 aromatic heterocycles. The summed E-state index contributed by atoms with van der Waals surface area (Å²) in [5.74, 6) is -0.103. The molecule has 3 amide bonds. The summed E-state index contributed by atoms with van der Waals surface area (Å²) in [6.45, 7) is 0.861. The summed E-state index contributed by atoms with van der Waals surface area (Å²) in [5.41, 5.74) is 0.966. The molecule has 19 heavy (non-hydrogen) atoms. The molecule has 2 fully saturated rings. The van der Waals surface area contributed by atoms with Gasteiger partial charge in [-0.2, -0.15) is 0 Å². The maximum absolute atomic E-state index is 12.3. The average molecular weight is 260 g/mol. The molecule has 0 spiro atoms. The number of carbonyl (C=O) groups is 2. The minimum Gasteiger partial charge on any atom is -0.380 e. The van der Waals surface area contributed by atoms with Crippen molar-refractivity contribution in [2.24, 2.45) is 0 Å². The van der Waals surface area contributed by atoms with Crippen LogP contribution in [0, 0.1) is 0 Å². The van der Waals surface area contributed by atoms with E-state index in [9.17, 15) is 9.59 Å². The first kappa shape index (κ1) is 12.2. The number of fused-ring (bicyclic) bond motifs is 1. The van der Waals surface area contributed by atoms with Crippen LogP contribution in [-0.4, -0.2) is 47.5 Å². The second-order valence-corrected chi connectivity index (χ2v) is 4.95. The lowest BCUT2D eigenvalue weighted by Gasteiger charge is -2.17. The van der Waals surface area contributed by atoms with Gasteiger partial charge >= 0.3 is 6.03 Å². The highest BCUT2D eigenvalue weighted by Crippen LogP contribution is 2.29. The molecule has 5 heteroatoms. The van der Waals surface area contributed by atoms with E-state index in [2.05, 4.69) is 0 Å². The van der Waals surface area contributed by atoms with E-state index in [1.54, 1.807) is 12.0 Å². The van der Waals surface area contributed by atoms with Crippen LogP contribution in [0.1, 0.15) is 12.0 Å². The number of hydrogen-bond donors (Lipinski definition) is 0. The third-order valence-electron chi connectivity index (χ3n) is 3.81. The van der Waals surface area contributed by atoms with Crippen LogP contribution in [0.25, 0.3) is 0 Å². The predicted molar refractivity (Wildman–Crippen MR) is 68.3 cm³/mol. The van der Waals surface area contributed by atoms with Gasteiger partial charge in [0.05, 0.1) is 12.6 Å². The largest absolute Gasteiger partial charge is 0.380 e. The topological polar surface area (TPSA) is 49.9 Å². The Kier molecular flexibility index (Phi) is 2.98. The van der Waals surface area contributed by atoms with E-state index in [4.69, 9.17) is 4.74 Å². The third-order valence-corrected chi connectivity index (χ3v) is 3.81. The van der Waals surface area contributed by atoms with Gasteiger partial charge in [-0.15, -0.1) is 0 Å². The molecule has 0 bridgehead atoms. The smallest absolute Gasteiger partial charge is 0.327 e. The lowest BCUT2D eigenvalue weighted by atomic mass is 10.1. The van der Waals surface area contributed by atoms with Crippen molar-refractivity contribution >= 4 is 11.9 Å². The summed E-state index contributed by atoms with van der Waals surface area (Å²) >= 11 is 0. The van der Waals surface area contributed by atoms with Gasteiger partial charge in [-0.25, -0.2) is 4.79 Å². The summed E-state index contributed by atoms with van der Waals surface area (Å²) < 4.78 is 5.23. The molecule has 2 unspecified atom stereocenters. The van der Waals surface area contributed by atoms with Crippen molar-refractivity contribution in [2.75, 3.05) is 13.7 Å². The van der Waals surface area contributed by atoms with Gasteiger partial charge in [0.2, 0.25) is 0 Å². The molecule has 1 aromatic rings. The molecule has 0 aliphatic carbocycles. The van der Waals surface area contributed by atoms with Gasteiger partial charge < -0.3 is 9.64 Å². The Morgan fingerprint density at radius 1 is 1.26 bits per heavy atom. The zero-order valence-corrected chi connectivity index (χ0v) is 10.8. The van der Waals surface area contributed by atoms with E-state index in [1.165, 1.54) is 4.90 Å². The number of hydrogen-bond acceptors (Lipinski definition) is 3. The predicted octanol–water partition coefficient (Wildman–Crippen LogP) is 1.24. The molecule has 100 valence electrons. The molecule has 2 aliphatic heterocycles. The van der Waals surface area contributed by atoms with Crippen molar-refractivity contribution in [2.45, 2.75) is 25.1 Å². The molecule has 0 saturated carbocycles. The van der Waals surface area contributed by atoms with Gasteiger partial charge in [-0.1, -0.05) is 30.3 Å². The highest BCUT2D eigenvalue weighted by molar-refractivity contribution is 6.04. The van der Waals surface area contributed by atoms with Crippen molar-refractivity contribution in [3.05, 3.63) is 35.9 Å². The number of benzene rings is 1. The normalized spacial score (nSPS) is 26.2. The van der Waals surface area contributed by atoms with Crippen molar-refractivity contribution < 1.29 is 14.3 Å². The van der Waals surface area contributed by atoms with E-state index < -0.39 is 0 Å². The zero-order valence-electron chi connectivity index (χ0n) is 10.8. The minimum atomic E-state index is -0.332. The Bertz CT molecular complexity index is 479. The summed E-state index contributed by atoms with van der Waals surface area (Å²) in [6, 6.07) is 9.03. The number of methoxy groups -OCH3 is 1. The Balaban J connectivity index is 1.76.